The van der Waals surface area contributed by atoms with E-state index in [9.17, 15) is 4.79 Å². The van der Waals surface area contributed by atoms with Crippen molar-refractivity contribution in [3.63, 3.8) is 0 Å². The van der Waals surface area contributed by atoms with Crippen molar-refractivity contribution in [2.75, 3.05) is 0 Å². The summed E-state index contributed by atoms with van der Waals surface area (Å²) in [4.78, 5) is 17.0. The van der Waals surface area contributed by atoms with Crippen LogP contribution < -0.4 is 10.6 Å². The second-order valence-corrected chi connectivity index (χ2v) is 7.02. The van der Waals surface area contributed by atoms with Crippen LogP contribution in [0.5, 0.6) is 0 Å². The lowest BCUT2D eigenvalue weighted by molar-refractivity contribution is -0.123. The van der Waals surface area contributed by atoms with E-state index in [-0.39, 0.29) is 11.4 Å². The Balaban J connectivity index is 1.90. The van der Waals surface area contributed by atoms with Crippen molar-refractivity contribution in [1.82, 2.24) is 10.6 Å². The first kappa shape index (κ1) is 13.4. The fraction of sp³-hybridized carbons (Fsp3) is 0.467. The lowest BCUT2D eigenvalue weighted by Crippen LogP contribution is -2.47. The number of aliphatic imine (C=N–C) groups is 1. The number of halogens is 1. The van der Waals surface area contributed by atoms with Crippen LogP contribution in [0.25, 0.3) is 0 Å². The number of amides is 1. The molecule has 0 saturated carbocycles. The van der Waals surface area contributed by atoms with Crippen molar-refractivity contribution in [1.29, 1.82) is 0 Å². The highest BCUT2D eigenvalue weighted by Gasteiger charge is 2.48. The molecule has 2 N–H and O–H groups in total. The molecule has 1 heterocycles. The Hall–Kier alpha value is -1.55. The molecule has 1 atom stereocenters. The molecule has 0 radical (unpaired) electrons. The molecule has 0 aromatic heterocycles. The van der Waals surface area contributed by atoms with Gasteiger partial charge < -0.3 is 5.32 Å². The second kappa shape index (κ2) is 4.22. The Labute approximate surface area is 123 Å². The van der Waals surface area contributed by atoms with Crippen LogP contribution in [0.3, 0.4) is 0 Å². The minimum atomic E-state index is -0.694. The van der Waals surface area contributed by atoms with Gasteiger partial charge in [0.05, 0.1) is 0 Å². The Morgan fingerprint density at radius 2 is 2.00 bits per heavy atom. The SMILES string of the molecule is CC(C)(C)NC1=NC2(Cc3ccc(Cl)cc3C2)C(=O)N1. The number of hydrogen-bond acceptors (Lipinski definition) is 3. The summed E-state index contributed by atoms with van der Waals surface area (Å²) in [5, 5.41) is 6.79. The zero-order chi connectivity index (χ0) is 14.5. The molecule has 2 aliphatic rings. The Kier molecular flexibility index (Phi) is 2.83. The van der Waals surface area contributed by atoms with Crippen molar-refractivity contribution in [2.24, 2.45) is 4.99 Å². The van der Waals surface area contributed by atoms with Gasteiger partial charge in [-0.05, 0) is 44.0 Å². The van der Waals surface area contributed by atoms with E-state index in [0.717, 1.165) is 11.1 Å². The maximum atomic E-state index is 12.3. The fourth-order valence-corrected chi connectivity index (χ4v) is 2.99. The van der Waals surface area contributed by atoms with Crippen LogP contribution in [0, 0.1) is 0 Å². The van der Waals surface area contributed by atoms with Gasteiger partial charge in [0.15, 0.2) is 11.5 Å². The normalized spacial score (nSPS) is 24.6. The molecule has 1 aromatic carbocycles. The average Bonchev–Trinajstić information content (AvgIpc) is 2.77. The number of guanidine groups is 1. The maximum Gasteiger partial charge on any atom is 0.255 e. The van der Waals surface area contributed by atoms with Crippen molar-refractivity contribution >= 4 is 23.5 Å². The van der Waals surface area contributed by atoms with Gasteiger partial charge in [-0.3, -0.25) is 10.1 Å². The van der Waals surface area contributed by atoms with Crippen LogP contribution >= 0.6 is 11.6 Å². The summed E-state index contributed by atoms with van der Waals surface area (Å²) in [6.45, 7) is 6.11. The summed E-state index contributed by atoms with van der Waals surface area (Å²) in [5.41, 5.74) is 1.45. The largest absolute Gasteiger partial charge is 0.351 e. The zero-order valence-electron chi connectivity index (χ0n) is 11.9. The molecule has 0 saturated heterocycles. The van der Waals surface area contributed by atoms with E-state index >= 15 is 0 Å². The van der Waals surface area contributed by atoms with Crippen LogP contribution in [0.2, 0.25) is 5.02 Å². The average molecular weight is 292 g/mol. The van der Waals surface area contributed by atoms with Gasteiger partial charge in [0, 0.05) is 23.4 Å². The molecule has 4 nitrogen and oxygen atoms in total. The van der Waals surface area contributed by atoms with Gasteiger partial charge in [-0.2, -0.15) is 0 Å². The number of nitrogens with zero attached hydrogens (tertiary/aromatic N) is 1. The number of fused-ring (bicyclic) bond motifs is 1. The first-order chi connectivity index (χ1) is 9.27. The minimum Gasteiger partial charge on any atom is -0.351 e. The molecule has 1 aliphatic carbocycles. The van der Waals surface area contributed by atoms with Crippen molar-refractivity contribution in [3.05, 3.63) is 34.3 Å². The second-order valence-electron chi connectivity index (χ2n) is 6.59. The van der Waals surface area contributed by atoms with Gasteiger partial charge in [-0.1, -0.05) is 17.7 Å². The predicted octanol–water partition coefficient (Wildman–Crippen LogP) is 2.05. The molecule has 0 fully saturated rings. The van der Waals surface area contributed by atoms with Crippen molar-refractivity contribution < 1.29 is 4.79 Å². The monoisotopic (exact) mass is 291 g/mol. The summed E-state index contributed by atoms with van der Waals surface area (Å²) in [5.74, 6) is 0.540. The third-order valence-electron chi connectivity index (χ3n) is 3.61. The number of carbonyl (C=O) groups is 1. The van der Waals surface area contributed by atoms with E-state index < -0.39 is 5.54 Å². The maximum absolute atomic E-state index is 12.3. The Bertz CT molecular complexity index is 618. The molecule has 1 aliphatic heterocycles. The van der Waals surface area contributed by atoms with Crippen LogP contribution in [0.1, 0.15) is 31.9 Å². The van der Waals surface area contributed by atoms with Gasteiger partial charge in [-0.15, -0.1) is 0 Å². The number of nitrogens with one attached hydrogen (secondary N) is 2. The summed E-state index contributed by atoms with van der Waals surface area (Å²) < 4.78 is 0. The molecule has 1 unspecified atom stereocenters. The van der Waals surface area contributed by atoms with E-state index in [1.54, 1.807) is 0 Å². The first-order valence-electron chi connectivity index (χ1n) is 6.74. The molecule has 1 spiro atoms. The third-order valence-corrected chi connectivity index (χ3v) is 3.84. The first-order valence-corrected chi connectivity index (χ1v) is 7.12. The van der Waals surface area contributed by atoms with Crippen molar-refractivity contribution in [2.45, 2.75) is 44.7 Å². The summed E-state index contributed by atoms with van der Waals surface area (Å²) in [7, 11) is 0. The molecule has 1 amide bonds. The van der Waals surface area contributed by atoms with E-state index in [1.165, 1.54) is 0 Å². The lowest BCUT2D eigenvalue weighted by Gasteiger charge is -2.21. The molecule has 3 rings (SSSR count). The molecule has 20 heavy (non-hydrogen) atoms. The van der Waals surface area contributed by atoms with E-state index in [2.05, 4.69) is 15.6 Å². The highest BCUT2D eigenvalue weighted by molar-refractivity contribution is 6.30. The predicted molar refractivity (Wildman–Crippen MR) is 80.1 cm³/mol. The number of hydrogen-bond donors (Lipinski definition) is 2. The highest BCUT2D eigenvalue weighted by atomic mass is 35.5. The van der Waals surface area contributed by atoms with Crippen LogP contribution in [-0.2, 0) is 17.6 Å². The summed E-state index contributed by atoms with van der Waals surface area (Å²) in [6, 6.07) is 5.79. The lowest BCUT2D eigenvalue weighted by atomic mass is 9.97. The number of benzene rings is 1. The quantitative estimate of drug-likeness (QED) is 0.769. The van der Waals surface area contributed by atoms with Crippen molar-refractivity contribution in [3.8, 4) is 0 Å². The fourth-order valence-electron chi connectivity index (χ4n) is 2.79. The molecule has 1 aromatic rings. The van der Waals surface area contributed by atoms with Gasteiger partial charge >= 0.3 is 0 Å². The van der Waals surface area contributed by atoms with Gasteiger partial charge in [0.2, 0.25) is 0 Å². The van der Waals surface area contributed by atoms with Crippen LogP contribution in [0.15, 0.2) is 23.2 Å². The van der Waals surface area contributed by atoms with E-state index in [4.69, 9.17) is 11.6 Å². The minimum absolute atomic E-state index is 0.0310. The number of carbonyl (C=O) groups excluding carboxylic acids is 1. The zero-order valence-corrected chi connectivity index (χ0v) is 12.6. The molecule has 106 valence electrons. The van der Waals surface area contributed by atoms with E-state index in [0.29, 0.717) is 23.8 Å². The smallest absolute Gasteiger partial charge is 0.255 e. The van der Waals surface area contributed by atoms with Gasteiger partial charge in [-0.25, -0.2) is 4.99 Å². The third kappa shape index (κ3) is 2.29. The standard InChI is InChI=1S/C15H18ClN3O/c1-14(2,3)18-13-17-12(20)15(19-13)7-9-4-5-11(16)6-10(9)8-15/h4-6H,7-8H2,1-3H3,(H2,17,18,19,20). The van der Waals surface area contributed by atoms with Crippen LogP contribution in [0.4, 0.5) is 0 Å². The van der Waals surface area contributed by atoms with Gasteiger partial charge in [0.25, 0.3) is 5.91 Å². The molecule has 0 bridgehead atoms. The molecular formula is C15H18ClN3O. The topological polar surface area (TPSA) is 53.5 Å². The Morgan fingerprint density at radius 3 is 2.70 bits per heavy atom. The summed E-state index contributed by atoms with van der Waals surface area (Å²) in [6.07, 6.45) is 1.25. The summed E-state index contributed by atoms with van der Waals surface area (Å²) >= 11 is 6.02. The molecular weight excluding hydrogens is 274 g/mol. The van der Waals surface area contributed by atoms with E-state index in [1.807, 2.05) is 39.0 Å². The highest BCUT2D eigenvalue weighted by Crippen LogP contribution is 2.36. The number of rotatable bonds is 0. The van der Waals surface area contributed by atoms with Crippen LogP contribution in [-0.4, -0.2) is 22.9 Å². The Morgan fingerprint density at radius 1 is 1.30 bits per heavy atom. The van der Waals surface area contributed by atoms with Gasteiger partial charge in [0.1, 0.15) is 0 Å². The molecule has 5 heteroatoms.